The summed E-state index contributed by atoms with van der Waals surface area (Å²) in [5.41, 5.74) is 9.09. The van der Waals surface area contributed by atoms with E-state index >= 15 is 0 Å². The molecule has 2 nitrogen and oxygen atoms in total. The highest BCUT2D eigenvalue weighted by Gasteiger charge is 2.09. The van der Waals surface area contributed by atoms with Crippen molar-refractivity contribution in [1.82, 2.24) is 0 Å². The minimum atomic E-state index is -0.0538. The van der Waals surface area contributed by atoms with Crippen molar-refractivity contribution >= 4 is 11.6 Å². The van der Waals surface area contributed by atoms with Crippen LogP contribution in [0.2, 0.25) is 5.02 Å². The first-order valence-corrected chi connectivity index (χ1v) is 6.68. The Morgan fingerprint density at radius 1 is 1.21 bits per heavy atom. The second kappa shape index (κ2) is 6.09. The quantitative estimate of drug-likeness (QED) is 0.905. The van der Waals surface area contributed by atoms with Gasteiger partial charge in [0.05, 0.1) is 0 Å². The summed E-state index contributed by atoms with van der Waals surface area (Å²) in [6.07, 6.45) is 0. The van der Waals surface area contributed by atoms with E-state index in [0.29, 0.717) is 6.61 Å². The third-order valence-corrected chi connectivity index (χ3v) is 3.37. The summed E-state index contributed by atoms with van der Waals surface area (Å²) in [5.74, 6) is 0.829. The molecule has 1 atom stereocenters. The van der Waals surface area contributed by atoms with Crippen LogP contribution >= 0.6 is 11.6 Å². The number of aryl methyl sites for hydroxylation is 1. The number of hydrogen-bond donors (Lipinski definition) is 1. The number of hydrogen-bond acceptors (Lipinski definition) is 2. The van der Waals surface area contributed by atoms with Crippen LogP contribution in [0.15, 0.2) is 42.5 Å². The van der Waals surface area contributed by atoms with E-state index in [9.17, 15) is 0 Å². The molecule has 0 bridgehead atoms. The van der Waals surface area contributed by atoms with Gasteiger partial charge in [-0.1, -0.05) is 41.9 Å². The van der Waals surface area contributed by atoms with Crippen molar-refractivity contribution in [2.75, 3.05) is 0 Å². The largest absolute Gasteiger partial charge is 0.488 e. The Bertz CT molecular complexity index is 566. The van der Waals surface area contributed by atoms with Crippen LogP contribution in [0.3, 0.4) is 0 Å². The summed E-state index contributed by atoms with van der Waals surface area (Å²) in [6.45, 7) is 4.43. The topological polar surface area (TPSA) is 35.2 Å². The zero-order valence-electron chi connectivity index (χ0n) is 11.2. The van der Waals surface area contributed by atoms with Gasteiger partial charge < -0.3 is 10.5 Å². The third kappa shape index (κ3) is 3.49. The molecule has 0 spiro atoms. The molecule has 0 heterocycles. The molecule has 100 valence electrons. The maximum absolute atomic E-state index is 6.12. The molecule has 2 N–H and O–H groups in total. The normalized spacial score (nSPS) is 12.2. The lowest BCUT2D eigenvalue weighted by Gasteiger charge is -2.15. The van der Waals surface area contributed by atoms with Crippen LogP contribution in [0.5, 0.6) is 5.75 Å². The van der Waals surface area contributed by atoms with Gasteiger partial charge >= 0.3 is 0 Å². The fourth-order valence-corrected chi connectivity index (χ4v) is 2.10. The zero-order chi connectivity index (χ0) is 13.8. The fourth-order valence-electron chi connectivity index (χ4n) is 1.91. The van der Waals surface area contributed by atoms with E-state index in [0.717, 1.165) is 27.5 Å². The smallest absolute Gasteiger partial charge is 0.124 e. The summed E-state index contributed by atoms with van der Waals surface area (Å²) < 4.78 is 5.88. The monoisotopic (exact) mass is 275 g/mol. The standard InChI is InChI=1S/C16H18ClNO/c1-11-7-8-14(12(2)18)16(9-11)19-10-13-5-3-4-6-15(13)17/h3-9,12H,10,18H2,1-2H3. The summed E-state index contributed by atoms with van der Waals surface area (Å²) >= 11 is 6.12. The molecule has 0 aliphatic heterocycles. The molecule has 19 heavy (non-hydrogen) atoms. The first-order valence-electron chi connectivity index (χ1n) is 6.30. The number of halogens is 1. The molecule has 0 aromatic heterocycles. The van der Waals surface area contributed by atoms with E-state index in [1.165, 1.54) is 0 Å². The second-order valence-electron chi connectivity index (χ2n) is 4.71. The van der Waals surface area contributed by atoms with Crippen molar-refractivity contribution in [3.8, 4) is 5.75 Å². The van der Waals surface area contributed by atoms with Gasteiger partial charge in [0.2, 0.25) is 0 Å². The van der Waals surface area contributed by atoms with Crippen molar-refractivity contribution in [1.29, 1.82) is 0 Å². The minimum Gasteiger partial charge on any atom is -0.488 e. The molecule has 0 radical (unpaired) electrons. The predicted molar refractivity (Wildman–Crippen MR) is 79.6 cm³/mol. The van der Waals surface area contributed by atoms with Crippen LogP contribution in [0.4, 0.5) is 0 Å². The molecular formula is C16H18ClNO. The lowest BCUT2D eigenvalue weighted by molar-refractivity contribution is 0.301. The summed E-state index contributed by atoms with van der Waals surface area (Å²) in [6, 6.07) is 13.7. The third-order valence-electron chi connectivity index (χ3n) is 3.00. The van der Waals surface area contributed by atoms with Gasteiger partial charge in [-0.2, -0.15) is 0 Å². The molecule has 2 rings (SSSR count). The maximum atomic E-state index is 6.12. The molecule has 3 heteroatoms. The van der Waals surface area contributed by atoms with E-state index in [2.05, 4.69) is 0 Å². The molecule has 0 fully saturated rings. The molecule has 0 saturated carbocycles. The summed E-state index contributed by atoms with van der Waals surface area (Å²) in [5, 5.41) is 0.720. The molecule has 0 saturated heterocycles. The average molecular weight is 276 g/mol. The Kier molecular flexibility index (Phi) is 4.46. The van der Waals surface area contributed by atoms with Crippen molar-refractivity contribution in [3.05, 3.63) is 64.2 Å². The molecule has 0 aliphatic rings. The van der Waals surface area contributed by atoms with Crippen LogP contribution in [-0.2, 0) is 6.61 Å². The van der Waals surface area contributed by atoms with Crippen LogP contribution in [0, 0.1) is 6.92 Å². The first kappa shape index (κ1) is 13.9. The van der Waals surface area contributed by atoms with Gasteiger partial charge in [0.1, 0.15) is 12.4 Å². The van der Waals surface area contributed by atoms with Gasteiger partial charge in [-0.15, -0.1) is 0 Å². The Balaban J connectivity index is 2.19. The lowest BCUT2D eigenvalue weighted by atomic mass is 10.1. The fraction of sp³-hybridized carbons (Fsp3) is 0.250. The zero-order valence-corrected chi connectivity index (χ0v) is 11.9. The Labute approximate surface area is 119 Å². The SMILES string of the molecule is Cc1ccc(C(C)N)c(OCc2ccccc2Cl)c1. The second-order valence-corrected chi connectivity index (χ2v) is 5.12. The van der Waals surface area contributed by atoms with Gasteiger partial charge in [-0.25, -0.2) is 0 Å². The van der Waals surface area contributed by atoms with Crippen LogP contribution in [0.25, 0.3) is 0 Å². The van der Waals surface area contributed by atoms with Crippen LogP contribution < -0.4 is 10.5 Å². The van der Waals surface area contributed by atoms with Crippen LogP contribution in [0.1, 0.15) is 29.7 Å². The molecule has 2 aromatic rings. The number of nitrogens with two attached hydrogens (primary N) is 1. The highest BCUT2D eigenvalue weighted by Crippen LogP contribution is 2.26. The van der Waals surface area contributed by atoms with E-state index in [-0.39, 0.29) is 6.04 Å². The molecular weight excluding hydrogens is 258 g/mol. The van der Waals surface area contributed by atoms with Crippen LogP contribution in [-0.4, -0.2) is 0 Å². The van der Waals surface area contributed by atoms with Gasteiger partial charge in [0.15, 0.2) is 0 Å². The molecule has 2 aromatic carbocycles. The Hall–Kier alpha value is -1.51. The van der Waals surface area contributed by atoms with Crippen molar-refractivity contribution in [3.63, 3.8) is 0 Å². The van der Waals surface area contributed by atoms with Gasteiger partial charge in [-0.05, 0) is 31.5 Å². The van der Waals surface area contributed by atoms with Gasteiger partial charge in [0.25, 0.3) is 0 Å². The number of rotatable bonds is 4. The Morgan fingerprint density at radius 3 is 2.63 bits per heavy atom. The van der Waals surface area contributed by atoms with E-state index in [1.807, 2.05) is 56.3 Å². The number of ether oxygens (including phenoxy) is 1. The van der Waals surface area contributed by atoms with Crippen molar-refractivity contribution < 1.29 is 4.74 Å². The highest BCUT2D eigenvalue weighted by molar-refractivity contribution is 6.31. The Morgan fingerprint density at radius 2 is 1.95 bits per heavy atom. The lowest BCUT2D eigenvalue weighted by Crippen LogP contribution is -2.08. The minimum absolute atomic E-state index is 0.0538. The van der Waals surface area contributed by atoms with E-state index in [4.69, 9.17) is 22.1 Å². The molecule has 0 aliphatic carbocycles. The molecule has 1 unspecified atom stereocenters. The van der Waals surface area contributed by atoms with Gasteiger partial charge in [0, 0.05) is 22.2 Å². The predicted octanol–water partition coefficient (Wildman–Crippen LogP) is 4.25. The van der Waals surface area contributed by atoms with Crippen molar-refractivity contribution in [2.24, 2.45) is 5.73 Å². The molecule has 0 amide bonds. The van der Waals surface area contributed by atoms with E-state index in [1.54, 1.807) is 0 Å². The van der Waals surface area contributed by atoms with Crippen molar-refractivity contribution in [2.45, 2.75) is 26.5 Å². The summed E-state index contributed by atoms with van der Waals surface area (Å²) in [4.78, 5) is 0. The maximum Gasteiger partial charge on any atom is 0.124 e. The number of benzene rings is 2. The first-order chi connectivity index (χ1) is 9.08. The summed E-state index contributed by atoms with van der Waals surface area (Å²) in [7, 11) is 0. The van der Waals surface area contributed by atoms with Gasteiger partial charge in [-0.3, -0.25) is 0 Å². The average Bonchev–Trinajstić information content (AvgIpc) is 2.37. The van der Waals surface area contributed by atoms with E-state index < -0.39 is 0 Å². The highest BCUT2D eigenvalue weighted by atomic mass is 35.5.